The summed E-state index contributed by atoms with van der Waals surface area (Å²) in [5, 5.41) is 0.565. The molecule has 0 N–H and O–H groups in total. The lowest BCUT2D eigenvalue weighted by atomic mass is 10.3. The van der Waals surface area contributed by atoms with E-state index >= 15 is 0 Å². The molecule has 0 unspecified atom stereocenters. The Hall–Kier alpha value is -1.22. The molecular weight excluding hydrogens is 214 g/mol. The minimum absolute atomic E-state index is 0.0436. The van der Waals surface area contributed by atoms with E-state index in [-0.39, 0.29) is 5.91 Å². The number of nitrogens with zero attached hydrogens (tertiary/aromatic N) is 1. The maximum absolute atomic E-state index is 11.2. The lowest BCUT2D eigenvalue weighted by molar-refractivity contribution is -0.129. The Morgan fingerprint density at radius 3 is 2.67 bits per heavy atom. The molecule has 3 nitrogen and oxygen atoms in total. The standard InChI is InChI=1S/C11H14ClNO2/c1-13(2)11(14)7-8-15-10-6-4-3-5-9(10)12/h3-6H,7-8H2,1-2H3. The predicted molar refractivity (Wildman–Crippen MR) is 60.3 cm³/mol. The molecule has 0 saturated carbocycles. The monoisotopic (exact) mass is 227 g/mol. The molecule has 0 saturated heterocycles. The van der Waals surface area contributed by atoms with Crippen molar-refractivity contribution in [1.82, 2.24) is 4.90 Å². The Kier molecular flexibility index (Phi) is 4.43. The Morgan fingerprint density at radius 1 is 1.40 bits per heavy atom. The van der Waals surface area contributed by atoms with Crippen molar-refractivity contribution in [2.45, 2.75) is 6.42 Å². The second-order valence-electron chi connectivity index (χ2n) is 3.32. The summed E-state index contributed by atoms with van der Waals surface area (Å²) in [6.45, 7) is 0.348. The van der Waals surface area contributed by atoms with Crippen LogP contribution in [0.4, 0.5) is 0 Å². The van der Waals surface area contributed by atoms with Crippen LogP contribution in [0.5, 0.6) is 5.75 Å². The van der Waals surface area contributed by atoms with Gasteiger partial charge in [-0.05, 0) is 12.1 Å². The van der Waals surface area contributed by atoms with Crippen LogP contribution in [0.3, 0.4) is 0 Å². The predicted octanol–water partition coefficient (Wildman–Crippen LogP) is 2.20. The molecule has 0 heterocycles. The van der Waals surface area contributed by atoms with Crippen molar-refractivity contribution < 1.29 is 9.53 Å². The lowest BCUT2D eigenvalue weighted by Crippen LogP contribution is -2.23. The van der Waals surface area contributed by atoms with E-state index in [1.54, 1.807) is 26.2 Å². The van der Waals surface area contributed by atoms with Gasteiger partial charge < -0.3 is 9.64 Å². The van der Waals surface area contributed by atoms with Crippen LogP contribution in [-0.2, 0) is 4.79 Å². The van der Waals surface area contributed by atoms with Crippen LogP contribution in [0.15, 0.2) is 24.3 Å². The summed E-state index contributed by atoms with van der Waals surface area (Å²) in [6.07, 6.45) is 0.359. The second kappa shape index (κ2) is 5.61. The molecule has 0 atom stereocenters. The van der Waals surface area contributed by atoms with Crippen molar-refractivity contribution in [3.05, 3.63) is 29.3 Å². The third-order valence-corrected chi connectivity index (χ3v) is 2.22. The first-order valence-corrected chi connectivity index (χ1v) is 5.06. The fraction of sp³-hybridized carbons (Fsp3) is 0.364. The van der Waals surface area contributed by atoms with Crippen LogP contribution in [0, 0.1) is 0 Å². The first-order chi connectivity index (χ1) is 7.11. The molecule has 0 aromatic heterocycles. The summed E-state index contributed by atoms with van der Waals surface area (Å²) in [4.78, 5) is 12.8. The summed E-state index contributed by atoms with van der Waals surface area (Å²) in [5.41, 5.74) is 0. The number of carbonyl (C=O) groups excluding carboxylic acids is 1. The summed E-state index contributed by atoms with van der Waals surface area (Å²) in [6, 6.07) is 7.21. The van der Waals surface area contributed by atoms with E-state index in [9.17, 15) is 4.79 Å². The van der Waals surface area contributed by atoms with Gasteiger partial charge in [-0.3, -0.25) is 4.79 Å². The van der Waals surface area contributed by atoms with Crippen molar-refractivity contribution in [3.8, 4) is 5.75 Å². The third-order valence-electron chi connectivity index (χ3n) is 1.91. The van der Waals surface area contributed by atoms with Crippen molar-refractivity contribution in [2.24, 2.45) is 0 Å². The molecule has 0 aliphatic heterocycles. The van der Waals surface area contributed by atoms with Crippen molar-refractivity contribution in [3.63, 3.8) is 0 Å². The van der Waals surface area contributed by atoms with Crippen molar-refractivity contribution in [2.75, 3.05) is 20.7 Å². The number of hydrogen-bond donors (Lipinski definition) is 0. The molecule has 1 aromatic rings. The highest BCUT2D eigenvalue weighted by molar-refractivity contribution is 6.32. The second-order valence-corrected chi connectivity index (χ2v) is 3.72. The minimum atomic E-state index is 0.0436. The van der Waals surface area contributed by atoms with Crippen LogP contribution < -0.4 is 4.74 Å². The molecule has 0 radical (unpaired) electrons. The molecule has 1 rings (SSSR count). The summed E-state index contributed by atoms with van der Waals surface area (Å²) >= 11 is 5.88. The first kappa shape index (κ1) is 11.9. The summed E-state index contributed by atoms with van der Waals surface area (Å²) in [7, 11) is 3.44. The van der Waals surface area contributed by atoms with Gasteiger partial charge in [0, 0.05) is 14.1 Å². The Morgan fingerprint density at radius 2 is 2.07 bits per heavy atom. The summed E-state index contributed by atoms with van der Waals surface area (Å²) in [5.74, 6) is 0.660. The highest BCUT2D eigenvalue weighted by Gasteiger charge is 2.05. The number of amides is 1. The van der Waals surface area contributed by atoms with E-state index in [1.165, 1.54) is 4.90 Å². The molecule has 1 aromatic carbocycles. The minimum Gasteiger partial charge on any atom is -0.491 e. The molecule has 0 bridgehead atoms. The SMILES string of the molecule is CN(C)C(=O)CCOc1ccccc1Cl. The van der Waals surface area contributed by atoms with E-state index in [0.717, 1.165) is 0 Å². The van der Waals surface area contributed by atoms with Crippen LogP contribution in [-0.4, -0.2) is 31.5 Å². The Labute approximate surface area is 94.6 Å². The molecular formula is C11H14ClNO2. The maximum Gasteiger partial charge on any atom is 0.225 e. The van der Waals surface area contributed by atoms with Gasteiger partial charge in [-0.2, -0.15) is 0 Å². The number of para-hydroxylation sites is 1. The number of halogens is 1. The van der Waals surface area contributed by atoms with E-state index < -0.39 is 0 Å². The van der Waals surface area contributed by atoms with Crippen LogP contribution in [0.25, 0.3) is 0 Å². The van der Waals surface area contributed by atoms with Crippen LogP contribution in [0.1, 0.15) is 6.42 Å². The van der Waals surface area contributed by atoms with Gasteiger partial charge in [0.25, 0.3) is 0 Å². The van der Waals surface area contributed by atoms with Gasteiger partial charge in [0.05, 0.1) is 18.1 Å². The molecule has 0 aliphatic rings. The van der Waals surface area contributed by atoms with Crippen molar-refractivity contribution in [1.29, 1.82) is 0 Å². The fourth-order valence-electron chi connectivity index (χ4n) is 1.03. The average Bonchev–Trinajstić information content (AvgIpc) is 2.20. The van der Waals surface area contributed by atoms with E-state index in [0.29, 0.717) is 23.8 Å². The number of rotatable bonds is 4. The molecule has 4 heteroatoms. The highest BCUT2D eigenvalue weighted by atomic mass is 35.5. The lowest BCUT2D eigenvalue weighted by Gasteiger charge is -2.11. The quantitative estimate of drug-likeness (QED) is 0.789. The van der Waals surface area contributed by atoms with Gasteiger partial charge in [-0.25, -0.2) is 0 Å². The normalized spacial score (nSPS) is 9.80. The molecule has 0 spiro atoms. The smallest absolute Gasteiger partial charge is 0.225 e. The number of ether oxygens (including phenoxy) is 1. The van der Waals surface area contributed by atoms with E-state index in [4.69, 9.17) is 16.3 Å². The van der Waals surface area contributed by atoms with Gasteiger partial charge in [-0.15, -0.1) is 0 Å². The topological polar surface area (TPSA) is 29.5 Å². The van der Waals surface area contributed by atoms with Crippen LogP contribution in [0.2, 0.25) is 5.02 Å². The highest BCUT2D eigenvalue weighted by Crippen LogP contribution is 2.22. The van der Waals surface area contributed by atoms with Gasteiger partial charge in [0.15, 0.2) is 0 Å². The molecule has 1 amide bonds. The van der Waals surface area contributed by atoms with Gasteiger partial charge in [-0.1, -0.05) is 23.7 Å². The third kappa shape index (κ3) is 3.80. The van der Waals surface area contributed by atoms with Gasteiger partial charge in [0.2, 0.25) is 5.91 Å². The zero-order valence-corrected chi connectivity index (χ0v) is 9.62. The zero-order valence-electron chi connectivity index (χ0n) is 8.87. The fourth-order valence-corrected chi connectivity index (χ4v) is 1.22. The van der Waals surface area contributed by atoms with E-state index in [1.807, 2.05) is 12.1 Å². The number of benzene rings is 1. The Balaban J connectivity index is 2.38. The van der Waals surface area contributed by atoms with Crippen LogP contribution >= 0.6 is 11.6 Å². The molecule has 0 fully saturated rings. The molecule has 15 heavy (non-hydrogen) atoms. The van der Waals surface area contributed by atoms with Crippen molar-refractivity contribution >= 4 is 17.5 Å². The Bertz CT molecular complexity index is 339. The zero-order chi connectivity index (χ0) is 11.3. The van der Waals surface area contributed by atoms with Gasteiger partial charge in [0.1, 0.15) is 5.75 Å². The average molecular weight is 228 g/mol. The van der Waals surface area contributed by atoms with Gasteiger partial charge >= 0.3 is 0 Å². The number of carbonyl (C=O) groups is 1. The first-order valence-electron chi connectivity index (χ1n) is 4.68. The largest absolute Gasteiger partial charge is 0.491 e. The number of hydrogen-bond acceptors (Lipinski definition) is 2. The summed E-state index contributed by atoms with van der Waals surface area (Å²) < 4.78 is 5.38. The van der Waals surface area contributed by atoms with E-state index in [2.05, 4.69) is 0 Å². The maximum atomic E-state index is 11.2. The molecule has 0 aliphatic carbocycles. The molecule has 82 valence electrons.